The van der Waals surface area contributed by atoms with Crippen LogP contribution in [-0.4, -0.2) is 111 Å². The molecular formula is C40H50ClF3N8O5S. The molecule has 0 bridgehead atoms. The van der Waals surface area contributed by atoms with Crippen LogP contribution in [0.5, 0.6) is 0 Å². The molecular weight excluding hydrogens is 797 g/mol. The maximum absolute atomic E-state index is 13.7. The first kappa shape index (κ1) is 44.9. The lowest BCUT2D eigenvalue weighted by Gasteiger charge is -2.44. The van der Waals surface area contributed by atoms with Crippen LogP contribution in [0.3, 0.4) is 0 Å². The Morgan fingerprint density at radius 3 is 2.36 bits per heavy atom. The van der Waals surface area contributed by atoms with E-state index in [1.54, 1.807) is 45.2 Å². The van der Waals surface area contributed by atoms with Gasteiger partial charge in [0.15, 0.2) is 5.11 Å². The topological polar surface area (TPSA) is 151 Å². The zero-order chi connectivity index (χ0) is 41.4. The first-order valence-corrected chi connectivity index (χ1v) is 19.7. The number of nitrogens with zero attached hydrogens (tertiary/aromatic N) is 6. The number of benzene rings is 1. The first-order chi connectivity index (χ1) is 26.8. The quantitative estimate of drug-likeness (QED) is 0.241. The van der Waals surface area contributed by atoms with Gasteiger partial charge in [-0.3, -0.25) is 39.2 Å². The normalized spacial score (nSPS) is 26.9. The van der Waals surface area contributed by atoms with E-state index >= 15 is 0 Å². The number of nitriles is 1. The molecule has 0 radical (unpaired) electrons. The van der Waals surface area contributed by atoms with Crippen LogP contribution >= 0.6 is 24.6 Å². The largest absolute Gasteiger partial charge is 0.417 e. The summed E-state index contributed by atoms with van der Waals surface area (Å²) < 4.78 is 47.5. The van der Waals surface area contributed by atoms with E-state index in [9.17, 15) is 37.6 Å². The van der Waals surface area contributed by atoms with Crippen molar-refractivity contribution < 1.29 is 37.1 Å². The summed E-state index contributed by atoms with van der Waals surface area (Å²) in [4.78, 5) is 62.9. The second-order valence-electron chi connectivity index (χ2n) is 16.3. The Hall–Kier alpha value is -4.21. The number of piperazine rings is 1. The summed E-state index contributed by atoms with van der Waals surface area (Å²) in [6, 6.07) is 8.30. The lowest BCUT2D eigenvalue weighted by atomic mass is 9.76. The van der Waals surface area contributed by atoms with E-state index < -0.39 is 34.2 Å². The number of anilines is 2. The number of carbonyl (C=O) groups excluding carboxylic acids is 4. The molecule has 4 amide bonds. The van der Waals surface area contributed by atoms with Crippen molar-refractivity contribution in [3.63, 3.8) is 0 Å². The smallest absolute Gasteiger partial charge is 0.377 e. The van der Waals surface area contributed by atoms with E-state index in [0.717, 1.165) is 49.5 Å². The van der Waals surface area contributed by atoms with Gasteiger partial charge in [0.25, 0.3) is 5.91 Å². The molecule has 2 N–H and O–H groups in total. The van der Waals surface area contributed by atoms with Crippen LogP contribution in [0.15, 0.2) is 36.5 Å². The third kappa shape index (κ3) is 9.16. The fourth-order valence-corrected chi connectivity index (χ4v) is 9.27. The van der Waals surface area contributed by atoms with Crippen molar-refractivity contribution in [2.24, 2.45) is 0 Å². The van der Waals surface area contributed by atoms with Crippen LogP contribution in [0.1, 0.15) is 89.8 Å². The van der Waals surface area contributed by atoms with Crippen molar-refractivity contribution >= 4 is 64.9 Å². The number of thiocarbonyl (C=S) groups is 1. The number of hydrogen-bond acceptors (Lipinski definition) is 10. The number of imide groups is 1. The second kappa shape index (κ2) is 17.6. The summed E-state index contributed by atoms with van der Waals surface area (Å²) >= 11 is 5.74. The Kier molecular flexibility index (Phi) is 13.6. The first-order valence-electron chi connectivity index (χ1n) is 19.3. The summed E-state index contributed by atoms with van der Waals surface area (Å²) in [5, 5.41) is 14.7. The molecule has 3 saturated heterocycles. The lowest BCUT2D eigenvalue weighted by Crippen LogP contribution is -2.58. The molecule has 1 aromatic carbocycles. The number of pyridine rings is 1. The van der Waals surface area contributed by atoms with Crippen molar-refractivity contribution in [2.45, 2.75) is 115 Å². The van der Waals surface area contributed by atoms with Crippen LogP contribution in [0.4, 0.5) is 24.7 Å². The zero-order valence-corrected chi connectivity index (χ0v) is 34.9. The minimum atomic E-state index is -4.77. The predicted molar refractivity (Wildman–Crippen MR) is 216 cm³/mol. The number of halogens is 4. The molecule has 1 aromatic heterocycles. The highest BCUT2D eigenvalue weighted by Crippen LogP contribution is 2.41. The highest BCUT2D eigenvalue weighted by atomic mass is 35.5. The maximum Gasteiger partial charge on any atom is 0.417 e. The van der Waals surface area contributed by atoms with Crippen LogP contribution in [-0.2, 0) is 35.5 Å². The fraction of sp³-hybridized carbons (Fsp3) is 0.575. The zero-order valence-electron chi connectivity index (χ0n) is 33.2. The Morgan fingerprint density at radius 2 is 1.74 bits per heavy atom. The molecule has 58 heavy (non-hydrogen) atoms. The van der Waals surface area contributed by atoms with E-state index in [4.69, 9.17) is 17.0 Å². The SMILES string of the molecule is C[C@@H]1CN(CCO[C@H]2CC[C@H](N3C(=S)N(c4ccc(C#N)c(C(F)(F)F)c4)C(=O)C3(C)C)CC2)C[C@H](C)N1CC(=O)Nc1cc([C@@]2(C)CCC(=O)NC2=O)ccn1.Cl. The number of rotatable bonds is 10. The Balaban J connectivity index is 0.00000641. The van der Waals surface area contributed by atoms with Gasteiger partial charge in [-0.2, -0.15) is 18.4 Å². The maximum atomic E-state index is 13.7. The third-order valence-corrected chi connectivity index (χ3v) is 12.3. The number of carbonyl (C=O) groups is 4. The molecule has 6 rings (SSSR count). The number of aromatic nitrogens is 1. The molecule has 1 aliphatic carbocycles. The lowest BCUT2D eigenvalue weighted by molar-refractivity contribution is -0.138. The third-order valence-electron chi connectivity index (χ3n) is 12.0. The van der Waals surface area contributed by atoms with E-state index in [1.807, 2.05) is 4.90 Å². The van der Waals surface area contributed by atoms with Gasteiger partial charge in [-0.15, -0.1) is 12.4 Å². The molecule has 3 atom stereocenters. The highest BCUT2D eigenvalue weighted by molar-refractivity contribution is 7.80. The van der Waals surface area contributed by atoms with Crippen LogP contribution in [0.25, 0.3) is 0 Å². The Bertz CT molecular complexity index is 1960. The molecule has 3 aliphatic heterocycles. The van der Waals surface area contributed by atoms with Gasteiger partial charge in [-0.05, 0) is 115 Å². The Morgan fingerprint density at radius 1 is 1.07 bits per heavy atom. The second-order valence-corrected chi connectivity index (χ2v) is 16.7. The Labute approximate surface area is 348 Å². The number of amides is 4. The van der Waals surface area contributed by atoms with Crippen LogP contribution in [0.2, 0.25) is 0 Å². The number of ether oxygens (including phenoxy) is 1. The van der Waals surface area contributed by atoms with E-state index in [-0.39, 0.29) is 78.1 Å². The molecule has 314 valence electrons. The minimum absolute atomic E-state index is 0. The van der Waals surface area contributed by atoms with Gasteiger partial charge in [0.2, 0.25) is 17.7 Å². The summed E-state index contributed by atoms with van der Waals surface area (Å²) in [7, 11) is 0. The van der Waals surface area contributed by atoms with E-state index in [2.05, 4.69) is 39.3 Å². The summed E-state index contributed by atoms with van der Waals surface area (Å²) in [6.07, 6.45) is 0.289. The van der Waals surface area contributed by atoms with E-state index in [1.165, 1.54) is 6.07 Å². The van der Waals surface area contributed by atoms with Crippen molar-refractivity contribution in [3.8, 4) is 6.07 Å². The molecule has 0 spiro atoms. The molecule has 0 unspecified atom stereocenters. The molecule has 13 nitrogen and oxygen atoms in total. The van der Waals surface area contributed by atoms with Gasteiger partial charge in [0.05, 0.1) is 47.6 Å². The number of piperidine rings is 1. The summed E-state index contributed by atoms with van der Waals surface area (Å²) in [5.74, 6) is -0.935. The van der Waals surface area contributed by atoms with Crippen molar-refractivity contribution in [1.29, 1.82) is 5.26 Å². The van der Waals surface area contributed by atoms with E-state index in [0.29, 0.717) is 37.3 Å². The average Bonchev–Trinajstić information content (AvgIpc) is 3.33. The van der Waals surface area contributed by atoms with Gasteiger partial charge in [0.1, 0.15) is 11.4 Å². The minimum Gasteiger partial charge on any atom is -0.377 e. The number of nitrogens with one attached hydrogen (secondary N) is 2. The van der Waals surface area contributed by atoms with Gasteiger partial charge in [-0.25, -0.2) is 4.98 Å². The highest BCUT2D eigenvalue weighted by Gasteiger charge is 2.53. The predicted octanol–water partition coefficient (Wildman–Crippen LogP) is 5.16. The average molecular weight is 847 g/mol. The standard InChI is InChI=1S/C40H49F3N8O5S.ClH/c1-24-21-48(22-25(2)49(24)23-34(53)46-32-18-27(13-15-45-32)39(5)14-12-33(52)47-35(39)54)16-17-56-30-10-8-28(9-11-30)51-37(57)50(36(55)38(51,3)4)29-7-6-26(20-44)31(19-29)40(41,42)43;/h6-7,13,15,18-19,24-25,28,30H,8-12,14,16-17,21-23H2,1-5H3,(H,45,46,53)(H,47,52,54);1H/t24-,25+,28-,30-,39-;/m1./s1. The number of hydrogen-bond donors (Lipinski definition) is 2. The number of alkyl halides is 3. The molecule has 18 heteroatoms. The molecule has 1 saturated carbocycles. The van der Waals surface area contributed by atoms with Gasteiger partial charge < -0.3 is 15.0 Å². The van der Waals surface area contributed by atoms with Gasteiger partial charge >= 0.3 is 6.18 Å². The van der Waals surface area contributed by atoms with Crippen LogP contribution < -0.4 is 15.5 Å². The van der Waals surface area contributed by atoms with Crippen molar-refractivity contribution in [1.82, 2.24) is 25.0 Å². The summed E-state index contributed by atoms with van der Waals surface area (Å²) in [6.45, 7) is 12.4. The summed E-state index contributed by atoms with van der Waals surface area (Å²) in [5.41, 5.74) is -2.93. The monoisotopic (exact) mass is 846 g/mol. The fourth-order valence-electron chi connectivity index (χ4n) is 8.70. The molecule has 2 aromatic rings. The molecule has 4 heterocycles. The molecule has 4 aliphatic rings. The molecule has 4 fully saturated rings. The van der Waals surface area contributed by atoms with Gasteiger partial charge in [-0.1, -0.05) is 0 Å². The van der Waals surface area contributed by atoms with Crippen LogP contribution in [0, 0.1) is 11.3 Å². The van der Waals surface area contributed by atoms with Crippen molar-refractivity contribution in [2.75, 3.05) is 43.0 Å². The van der Waals surface area contributed by atoms with Crippen molar-refractivity contribution in [3.05, 3.63) is 53.2 Å². The van der Waals surface area contributed by atoms with Gasteiger partial charge in [0, 0.05) is 50.4 Å².